The van der Waals surface area contributed by atoms with E-state index < -0.39 is 0 Å². The minimum Gasteiger partial charge on any atom is -0.358 e. The molecular weight excluding hydrogens is 400 g/mol. The van der Waals surface area contributed by atoms with Crippen LogP contribution in [0.2, 0.25) is 0 Å². The second-order valence-corrected chi connectivity index (χ2v) is 8.81. The monoisotopic (exact) mass is 428 g/mol. The number of H-pyrrole nitrogens is 1. The molecule has 164 valence electrons. The molecule has 2 atom stereocenters. The Kier molecular flexibility index (Phi) is 5.47. The number of aromatic amines is 1. The summed E-state index contributed by atoms with van der Waals surface area (Å²) in [6, 6.07) is 10.7. The summed E-state index contributed by atoms with van der Waals surface area (Å²) in [5, 5.41) is 5.41. The van der Waals surface area contributed by atoms with Gasteiger partial charge in [0.2, 0.25) is 5.91 Å². The molecule has 1 fully saturated rings. The van der Waals surface area contributed by atoms with Gasteiger partial charge in [-0.05, 0) is 56.5 Å². The molecule has 0 aliphatic carbocycles. The third-order valence-electron chi connectivity index (χ3n) is 6.49. The Hall–Kier alpha value is -3.48. The van der Waals surface area contributed by atoms with Crippen LogP contribution in [0, 0.1) is 6.92 Å². The van der Waals surface area contributed by atoms with E-state index in [1.165, 1.54) is 28.5 Å². The van der Waals surface area contributed by atoms with Gasteiger partial charge in [0.05, 0.1) is 6.04 Å². The molecule has 1 aromatic carbocycles. The van der Waals surface area contributed by atoms with Crippen molar-refractivity contribution in [1.29, 1.82) is 0 Å². The van der Waals surface area contributed by atoms with Crippen molar-refractivity contribution in [3.63, 3.8) is 0 Å². The van der Waals surface area contributed by atoms with Crippen LogP contribution in [-0.4, -0.2) is 48.6 Å². The number of rotatable bonds is 5. The molecule has 4 heterocycles. The molecule has 1 aliphatic rings. The van der Waals surface area contributed by atoms with E-state index in [4.69, 9.17) is 0 Å². The number of aromatic nitrogens is 5. The highest BCUT2D eigenvalue weighted by Crippen LogP contribution is 2.39. The number of carbonyl (C=O) groups excluding carboxylic acids is 1. The summed E-state index contributed by atoms with van der Waals surface area (Å²) in [6.07, 6.45) is 9.36. The maximum Gasteiger partial charge on any atom is 0.224 e. The van der Waals surface area contributed by atoms with Crippen LogP contribution in [-0.2, 0) is 4.79 Å². The number of benzene rings is 1. The van der Waals surface area contributed by atoms with Gasteiger partial charge >= 0.3 is 0 Å². The lowest BCUT2D eigenvalue weighted by Gasteiger charge is -2.33. The molecule has 0 bridgehead atoms. The fourth-order valence-corrected chi connectivity index (χ4v) is 4.82. The zero-order valence-corrected chi connectivity index (χ0v) is 18.5. The first-order valence-electron chi connectivity index (χ1n) is 11.2. The molecule has 5 rings (SSSR count). The van der Waals surface area contributed by atoms with E-state index in [2.05, 4.69) is 57.3 Å². The molecule has 7 nitrogen and oxygen atoms in total. The summed E-state index contributed by atoms with van der Waals surface area (Å²) in [5.74, 6) is 0.445. The number of hydrogen-bond donors (Lipinski definition) is 1. The summed E-state index contributed by atoms with van der Waals surface area (Å²) >= 11 is 0. The summed E-state index contributed by atoms with van der Waals surface area (Å²) in [7, 11) is 0. The van der Waals surface area contributed by atoms with Crippen molar-refractivity contribution in [2.24, 2.45) is 0 Å². The number of nitrogens with zero attached hydrogens (tertiary/aromatic N) is 5. The minimum absolute atomic E-state index is 0.00573. The third-order valence-corrected chi connectivity index (χ3v) is 6.49. The molecule has 0 unspecified atom stereocenters. The first-order valence-corrected chi connectivity index (χ1v) is 11.2. The summed E-state index contributed by atoms with van der Waals surface area (Å²) in [5.41, 5.74) is 6.00. The number of pyridine rings is 1. The molecule has 1 N–H and O–H groups in total. The lowest BCUT2D eigenvalue weighted by atomic mass is 9.89. The Balaban J connectivity index is 1.44. The molecule has 1 saturated heterocycles. The Morgan fingerprint density at radius 2 is 2.06 bits per heavy atom. The van der Waals surface area contributed by atoms with E-state index in [1.54, 1.807) is 11.0 Å². The summed E-state index contributed by atoms with van der Waals surface area (Å²) < 4.78 is 1.75. The van der Waals surface area contributed by atoms with Crippen molar-refractivity contribution in [3.05, 3.63) is 66.6 Å². The average molecular weight is 429 g/mol. The van der Waals surface area contributed by atoms with Crippen molar-refractivity contribution in [1.82, 2.24) is 29.6 Å². The highest BCUT2D eigenvalue weighted by atomic mass is 16.2. The highest BCUT2D eigenvalue weighted by molar-refractivity contribution is 5.98. The van der Waals surface area contributed by atoms with Gasteiger partial charge in [0, 0.05) is 60.0 Å². The number of fused-ring (bicyclic) bond motifs is 1. The number of nitrogens with one attached hydrogen (secondary N) is 1. The van der Waals surface area contributed by atoms with Crippen LogP contribution in [0.1, 0.15) is 49.4 Å². The second-order valence-electron chi connectivity index (χ2n) is 8.81. The fraction of sp³-hybridized carbons (Fsp3) is 0.360. The molecule has 0 spiro atoms. The number of carbonyl (C=O) groups is 1. The summed E-state index contributed by atoms with van der Waals surface area (Å²) in [6.45, 7) is 5.67. The maximum absolute atomic E-state index is 13.1. The van der Waals surface area contributed by atoms with Gasteiger partial charge in [0.25, 0.3) is 0 Å². The van der Waals surface area contributed by atoms with Crippen molar-refractivity contribution in [3.8, 4) is 11.1 Å². The van der Waals surface area contributed by atoms with Crippen LogP contribution in [0.3, 0.4) is 0 Å². The molecule has 32 heavy (non-hydrogen) atoms. The molecule has 1 amide bonds. The van der Waals surface area contributed by atoms with E-state index in [9.17, 15) is 4.79 Å². The van der Waals surface area contributed by atoms with Crippen LogP contribution in [0.5, 0.6) is 0 Å². The van der Waals surface area contributed by atoms with Gasteiger partial charge in [-0.3, -0.25) is 9.78 Å². The average Bonchev–Trinajstić information content (AvgIpc) is 3.48. The lowest BCUT2D eigenvalue weighted by molar-refractivity contribution is -0.133. The topological polar surface area (TPSA) is 79.7 Å². The minimum atomic E-state index is -0.00573. The number of piperidine rings is 1. The molecule has 1 aliphatic heterocycles. The van der Waals surface area contributed by atoms with Crippen LogP contribution >= 0.6 is 0 Å². The third kappa shape index (κ3) is 3.90. The molecule has 0 saturated carbocycles. The number of amides is 1. The quantitative estimate of drug-likeness (QED) is 0.508. The van der Waals surface area contributed by atoms with Gasteiger partial charge in [0.15, 0.2) is 0 Å². The molecular formula is C25H28N6O. The van der Waals surface area contributed by atoms with Crippen LogP contribution in [0.25, 0.3) is 22.0 Å². The Labute approximate surface area is 187 Å². The van der Waals surface area contributed by atoms with E-state index in [-0.39, 0.29) is 17.9 Å². The van der Waals surface area contributed by atoms with Gasteiger partial charge in [0.1, 0.15) is 12.7 Å². The van der Waals surface area contributed by atoms with Crippen LogP contribution in [0.15, 0.2) is 55.4 Å². The lowest BCUT2D eigenvalue weighted by Crippen LogP contribution is -2.40. The maximum atomic E-state index is 13.1. The fourth-order valence-electron chi connectivity index (χ4n) is 4.82. The Bertz CT molecular complexity index is 1210. The SMILES string of the molecule is Cc1ccc2[nH]c([C@@H]3CCCN(C(=O)C[C@@H](C)n4cncn4)C3)c(-c3ccncc3)c2c1. The first kappa shape index (κ1) is 20.4. The predicted octanol–water partition coefficient (Wildman–Crippen LogP) is 4.49. The zero-order valence-electron chi connectivity index (χ0n) is 18.5. The Morgan fingerprint density at radius 3 is 2.84 bits per heavy atom. The molecule has 3 aromatic heterocycles. The van der Waals surface area contributed by atoms with E-state index >= 15 is 0 Å². The van der Waals surface area contributed by atoms with Crippen molar-refractivity contribution < 1.29 is 4.79 Å². The second kappa shape index (κ2) is 8.57. The van der Waals surface area contributed by atoms with Crippen molar-refractivity contribution in [2.75, 3.05) is 13.1 Å². The van der Waals surface area contributed by atoms with Crippen LogP contribution < -0.4 is 0 Å². The number of hydrogen-bond acceptors (Lipinski definition) is 4. The smallest absolute Gasteiger partial charge is 0.224 e. The van der Waals surface area contributed by atoms with Gasteiger partial charge in [-0.15, -0.1) is 0 Å². The van der Waals surface area contributed by atoms with Gasteiger partial charge in [-0.2, -0.15) is 5.10 Å². The Morgan fingerprint density at radius 1 is 1.22 bits per heavy atom. The molecule has 7 heteroatoms. The van der Waals surface area contributed by atoms with E-state index in [0.29, 0.717) is 6.42 Å². The van der Waals surface area contributed by atoms with E-state index in [1.807, 2.05) is 24.2 Å². The summed E-state index contributed by atoms with van der Waals surface area (Å²) in [4.78, 5) is 27.0. The highest BCUT2D eigenvalue weighted by Gasteiger charge is 2.29. The standard InChI is InChI=1S/C25H28N6O/c1-17-5-6-22-21(12-17)24(19-7-9-26-10-8-19)25(29-22)20-4-3-11-30(14-20)23(32)13-18(2)31-16-27-15-28-31/h5-10,12,15-16,18,20,29H,3-4,11,13-14H2,1-2H3/t18-,20-/m1/s1. The first-order chi connectivity index (χ1) is 15.6. The molecule has 4 aromatic rings. The largest absolute Gasteiger partial charge is 0.358 e. The van der Waals surface area contributed by atoms with Gasteiger partial charge in [-0.1, -0.05) is 11.6 Å². The van der Waals surface area contributed by atoms with Crippen molar-refractivity contribution in [2.45, 2.75) is 45.1 Å². The van der Waals surface area contributed by atoms with Gasteiger partial charge < -0.3 is 9.88 Å². The van der Waals surface area contributed by atoms with Crippen molar-refractivity contribution >= 4 is 16.8 Å². The van der Waals surface area contributed by atoms with E-state index in [0.717, 1.165) is 37.0 Å². The normalized spacial score (nSPS) is 17.6. The predicted molar refractivity (Wildman–Crippen MR) is 124 cm³/mol. The number of likely N-dealkylation sites (tertiary alicyclic amines) is 1. The van der Waals surface area contributed by atoms with Crippen LogP contribution in [0.4, 0.5) is 0 Å². The molecule has 0 radical (unpaired) electrons. The zero-order chi connectivity index (χ0) is 22.1. The van der Waals surface area contributed by atoms with Gasteiger partial charge in [-0.25, -0.2) is 9.67 Å². The number of aryl methyl sites for hydroxylation is 1.